The Balaban J connectivity index is 0.000000244. The molecule has 14 nitrogen and oxygen atoms in total. The maximum Gasteiger partial charge on any atom is 0.328 e. The molecule has 2 heterocycles. The van der Waals surface area contributed by atoms with Crippen molar-refractivity contribution in [3.8, 4) is 0 Å². The summed E-state index contributed by atoms with van der Waals surface area (Å²) in [6, 6.07) is 36.4. The zero-order valence-electron chi connectivity index (χ0n) is 34.3. The molecule has 0 spiro atoms. The van der Waals surface area contributed by atoms with Crippen LogP contribution in [0.25, 0.3) is 0 Å². The molecule has 0 radical (unpaired) electrons. The van der Waals surface area contributed by atoms with Crippen molar-refractivity contribution in [2.24, 2.45) is 11.8 Å². The Morgan fingerprint density at radius 1 is 0.607 bits per heavy atom. The van der Waals surface area contributed by atoms with Gasteiger partial charge in [0.2, 0.25) is 20.9 Å². The van der Waals surface area contributed by atoms with Crippen molar-refractivity contribution < 1.29 is 54.8 Å². The molecule has 2 amide bonds. The van der Waals surface area contributed by atoms with Crippen LogP contribution in [0.4, 0.5) is 0 Å². The maximum atomic E-state index is 13.7. The van der Waals surface area contributed by atoms with Crippen LogP contribution >= 0.6 is 10.7 Å². The largest absolute Gasteiger partial charge is 0.467 e. The van der Waals surface area contributed by atoms with Gasteiger partial charge in [-0.2, -0.15) is 8.42 Å². The van der Waals surface area contributed by atoms with Crippen molar-refractivity contribution in [2.45, 2.75) is 36.8 Å². The van der Waals surface area contributed by atoms with Crippen molar-refractivity contribution in [1.29, 1.82) is 0 Å². The monoisotopic (exact) mass is 898 g/mol. The molecule has 0 aliphatic carbocycles. The van der Waals surface area contributed by atoms with Crippen LogP contribution in [0.15, 0.2) is 121 Å². The van der Waals surface area contributed by atoms with Crippen LogP contribution in [0.5, 0.6) is 0 Å². The van der Waals surface area contributed by atoms with Crippen LogP contribution in [-0.2, 0) is 52.0 Å². The van der Waals surface area contributed by atoms with Gasteiger partial charge in [-0.15, -0.1) is 0 Å². The predicted molar refractivity (Wildman–Crippen MR) is 229 cm³/mol. The fraction of sp³-hybridized carbons (Fsp3) is 0.364. The number of carbonyl (C=O) groups excluding carboxylic acids is 4. The molecule has 0 bridgehead atoms. The zero-order valence-corrected chi connectivity index (χ0v) is 36.7. The molecule has 4 aromatic rings. The molecule has 2 aliphatic rings. The molecule has 2 saturated heterocycles. The van der Waals surface area contributed by atoms with Crippen molar-refractivity contribution in [3.05, 3.63) is 144 Å². The summed E-state index contributed by atoms with van der Waals surface area (Å²) >= 11 is 0. The summed E-state index contributed by atoms with van der Waals surface area (Å²) in [5.74, 6) is -2.83. The molecule has 2 aliphatic heterocycles. The molecule has 17 heteroatoms. The van der Waals surface area contributed by atoms with Crippen LogP contribution in [0.1, 0.15) is 46.9 Å². The number of halogens is 1. The predicted octanol–water partition coefficient (Wildman–Crippen LogP) is 4.57. The minimum Gasteiger partial charge on any atom is -0.467 e. The average molecular weight is 899 g/mol. The lowest BCUT2D eigenvalue weighted by Gasteiger charge is -2.28. The highest BCUT2D eigenvalue weighted by molar-refractivity contribution is 8.13. The van der Waals surface area contributed by atoms with E-state index in [4.69, 9.17) is 13.7 Å². The first-order chi connectivity index (χ1) is 28.9. The van der Waals surface area contributed by atoms with Crippen LogP contribution in [0.2, 0.25) is 0 Å². The SMILES string of the molecule is COC(=O)[C@@H]1C[C@H](CO)CN1C(=O)C(c1ccccc1)c1ccccc1.COC(=O)[C@@H]1C[C@H](COS(C)(=O)=O)CN1C(=O)C(c1ccccc1)c1ccccc1.CS(=O)(=O)Cl. The van der Waals surface area contributed by atoms with E-state index in [-0.39, 0.29) is 49.8 Å². The summed E-state index contributed by atoms with van der Waals surface area (Å²) in [5.41, 5.74) is 3.38. The third-order valence-corrected chi connectivity index (χ3v) is 10.7. The highest BCUT2D eigenvalue weighted by atomic mass is 35.7. The molecule has 4 aromatic carbocycles. The van der Waals surface area contributed by atoms with Crippen LogP contribution in [0, 0.1) is 11.8 Å². The molecule has 61 heavy (non-hydrogen) atoms. The summed E-state index contributed by atoms with van der Waals surface area (Å²) in [6.45, 7) is 0.422. The summed E-state index contributed by atoms with van der Waals surface area (Å²) in [6.07, 6.45) is 2.60. The Morgan fingerprint density at radius 3 is 1.18 bits per heavy atom. The van der Waals surface area contributed by atoms with Crippen molar-refractivity contribution >= 4 is 53.6 Å². The van der Waals surface area contributed by atoms with Crippen molar-refractivity contribution in [2.75, 3.05) is 53.0 Å². The Hall–Kier alpha value is -5.13. The molecule has 0 unspecified atom stereocenters. The topological polar surface area (TPSA) is 191 Å². The normalized spacial score (nSPS) is 18.7. The number of ether oxygens (including phenoxy) is 2. The van der Waals surface area contributed by atoms with E-state index in [1.165, 1.54) is 19.1 Å². The number of aliphatic hydroxyl groups is 1. The van der Waals surface area contributed by atoms with Gasteiger partial charge in [0.25, 0.3) is 10.1 Å². The maximum absolute atomic E-state index is 13.7. The number of methoxy groups -OCH3 is 2. The number of aliphatic hydroxyl groups excluding tert-OH is 1. The highest BCUT2D eigenvalue weighted by Crippen LogP contribution is 2.34. The zero-order chi connectivity index (χ0) is 44.7. The molecule has 328 valence electrons. The van der Waals surface area contributed by atoms with Gasteiger partial charge in [-0.25, -0.2) is 18.0 Å². The van der Waals surface area contributed by atoms with Crippen LogP contribution < -0.4 is 0 Å². The second-order valence-corrected chi connectivity index (χ2v) is 19.3. The van der Waals surface area contributed by atoms with Gasteiger partial charge in [0.1, 0.15) is 12.1 Å². The van der Waals surface area contributed by atoms with Crippen LogP contribution in [-0.4, -0.2) is 121 Å². The first-order valence-corrected chi connectivity index (χ1v) is 23.8. The lowest BCUT2D eigenvalue weighted by Crippen LogP contribution is -2.43. The van der Waals surface area contributed by atoms with Gasteiger partial charge < -0.3 is 24.4 Å². The molecule has 4 atom stereocenters. The van der Waals surface area contributed by atoms with Crippen molar-refractivity contribution in [3.63, 3.8) is 0 Å². The van der Waals surface area contributed by atoms with Crippen LogP contribution in [0.3, 0.4) is 0 Å². The minimum atomic E-state index is -3.61. The summed E-state index contributed by atoms with van der Waals surface area (Å²) in [7, 11) is 0.291. The third-order valence-electron chi connectivity index (χ3n) is 10.1. The fourth-order valence-corrected chi connectivity index (χ4v) is 7.83. The number of rotatable bonds is 12. The Labute approximate surface area is 361 Å². The van der Waals surface area contributed by atoms with E-state index in [2.05, 4.69) is 10.7 Å². The van der Waals surface area contributed by atoms with E-state index < -0.39 is 55.0 Å². The molecular formula is C44H51ClN2O12S2. The Kier molecular flexibility index (Phi) is 18.0. The Bertz CT molecular complexity index is 2180. The number of carbonyl (C=O) groups is 4. The minimum absolute atomic E-state index is 0.0569. The number of esters is 2. The lowest BCUT2D eigenvalue weighted by atomic mass is 9.90. The third kappa shape index (κ3) is 14.5. The van der Waals surface area contributed by atoms with Gasteiger partial charge in [0.05, 0.1) is 45.2 Å². The number of likely N-dealkylation sites (tertiary alicyclic amines) is 2. The number of hydrogen-bond donors (Lipinski definition) is 1. The van der Waals surface area contributed by atoms with E-state index in [1.807, 2.05) is 121 Å². The molecule has 6 rings (SSSR count). The molecule has 2 fully saturated rings. The van der Waals surface area contributed by atoms with Gasteiger partial charge in [0.15, 0.2) is 0 Å². The quantitative estimate of drug-likeness (QED) is 0.119. The molecule has 0 saturated carbocycles. The van der Waals surface area contributed by atoms with E-state index >= 15 is 0 Å². The van der Waals surface area contributed by atoms with E-state index in [9.17, 15) is 41.1 Å². The standard InChI is InChI=1S/C22H25NO6S.C21H23NO4.CH3ClO2S/c1-28-22(25)19-13-16(15-29-30(2,26)27)14-23(19)21(24)20(17-9-5-3-6-10-17)18-11-7-4-8-12-18;1-26-21(25)18-12-15(14-23)13-22(18)20(24)19(16-8-4-2-5-9-16)17-10-6-3-7-11-17;1-5(2,3)4/h3-12,16,19-20H,13-15H2,1-2H3;2-11,15,18-19,23H,12-14H2,1H3;1H3/t16-,19-;15-,18-;/m00./s1. The van der Waals surface area contributed by atoms with E-state index in [0.717, 1.165) is 34.8 Å². The van der Waals surface area contributed by atoms with Crippen molar-refractivity contribution in [1.82, 2.24) is 9.80 Å². The summed E-state index contributed by atoms with van der Waals surface area (Å²) in [5, 5.41) is 9.52. The van der Waals surface area contributed by atoms with E-state index in [0.29, 0.717) is 13.0 Å². The fourth-order valence-electron chi connectivity index (χ4n) is 7.39. The summed E-state index contributed by atoms with van der Waals surface area (Å²) < 4.78 is 56.2. The first-order valence-electron chi connectivity index (χ1n) is 19.3. The lowest BCUT2D eigenvalue weighted by molar-refractivity contribution is -0.151. The Morgan fingerprint density at radius 2 is 0.902 bits per heavy atom. The summed E-state index contributed by atoms with van der Waals surface area (Å²) in [4.78, 5) is 54.8. The van der Waals surface area contributed by atoms with Gasteiger partial charge in [-0.05, 0) is 35.1 Å². The molecule has 1 N–H and O–H groups in total. The number of hydrogen-bond acceptors (Lipinski definition) is 12. The molecular weight excluding hydrogens is 848 g/mol. The van der Waals surface area contributed by atoms with Gasteiger partial charge in [-0.1, -0.05) is 121 Å². The van der Waals surface area contributed by atoms with E-state index in [1.54, 1.807) is 4.90 Å². The first kappa shape index (κ1) is 48.5. The molecule has 0 aromatic heterocycles. The average Bonchev–Trinajstić information content (AvgIpc) is 3.89. The number of nitrogens with zero attached hydrogens (tertiary/aromatic N) is 2. The smallest absolute Gasteiger partial charge is 0.328 e. The second kappa shape index (κ2) is 22.6. The number of benzene rings is 4. The van der Waals surface area contributed by atoms with Gasteiger partial charge in [0, 0.05) is 42.2 Å². The van der Waals surface area contributed by atoms with Gasteiger partial charge >= 0.3 is 11.9 Å². The number of amides is 2. The second-order valence-electron chi connectivity index (χ2n) is 14.6. The highest BCUT2D eigenvalue weighted by Gasteiger charge is 2.44. The van der Waals surface area contributed by atoms with Gasteiger partial charge in [-0.3, -0.25) is 13.8 Å².